The van der Waals surface area contributed by atoms with Crippen LogP contribution >= 0.6 is 0 Å². The molecule has 0 aliphatic rings. The van der Waals surface area contributed by atoms with Gasteiger partial charge in [-0.3, -0.25) is 0 Å². The van der Waals surface area contributed by atoms with E-state index in [0.29, 0.717) is 6.54 Å². The fraction of sp³-hybridized carbons (Fsp3) is 0.350. The summed E-state index contributed by atoms with van der Waals surface area (Å²) >= 11 is 0. The molecule has 1 amide bonds. The van der Waals surface area contributed by atoms with Crippen LogP contribution in [-0.2, 0) is 11.2 Å². The fourth-order valence-electron chi connectivity index (χ4n) is 2.47. The highest BCUT2D eigenvalue weighted by Crippen LogP contribution is 2.22. The first kappa shape index (κ1) is 17.9. The van der Waals surface area contributed by atoms with Crippen LogP contribution in [-0.4, -0.2) is 23.3 Å². The van der Waals surface area contributed by atoms with Gasteiger partial charge in [0.2, 0.25) is 0 Å². The van der Waals surface area contributed by atoms with Gasteiger partial charge in [-0.25, -0.2) is 4.79 Å². The second-order valence-corrected chi connectivity index (χ2v) is 6.86. The molecule has 1 unspecified atom stereocenters. The van der Waals surface area contributed by atoms with Crippen LogP contribution in [0.25, 0.3) is 0 Å². The number of hydrogen-bond acceptors (Lipinski definition) is 3. The Morgan fingerprint density at radius 3 is 2.29 bits per heavy atom. The van der Waals surface area contributed by atoms with E-state index < -0.39 is 11.7 Å². The van der Waals surface area contributed by atoms with Crippen LogP contribution in [0.3, 0.4) is 0 Å². The summed E-state index contributed by atoms with van der Waals surface area (Å²) in [5.41, 5.74) is 1.74. The maximum Gasteiger partial charge on any atom is 0.407 e. The van der Waals surface area contributed by atoms with E-state index in [1.165, 1.54) is 5.56 Å². The summed E-state index contributed by atoms with van der Waals surface area (Å²) in [6.45, 7) is 5.99. The molecule has 0 radical (unpaired) electrons. The zero-order valence-electron chi connectivity index (χ0n) is 14.5. The zero-order chi connectivity index (χ0) is 17.6. The number of phenolic OH excluding ortho intramolecular Hbond substituents is 1. The Balaban J connectivity index is 2.08. The first-order valence-corrected chi connectivity index (χ1v) is 8.13. The molecule has 0 bridgehead atoms. The van der Waals surface area contributed by atoms with Gasteiger partial charge in [0.1, 0.15) is 11.4 Å². The molecule has 4 heteroatoms. The highest BCUT2D eigenvalue weighted by molar-refractivity contribution is 5.67. The molecule has 0 aromatic heterocycles. The number of phenols is 1. The van der Waals surface area contributed by atoms with Crippen molar-refractivity contribution in [1.82, 2.24) is 5.32 Å². The SMILES string of the molecule is CC(C)(C)OC(=O)NCC(Cc1ccccc1)c1ccc(O)cc1. The van der Waals surface area contributed by atoms with Gasteiger partial charge >= 0.3 is 6.09 Å². The number of carbonyl (C=O) groups is 1. The largest absolute Gasteiger partial charge is 0.508 e. The van der Waals surface area contributed by atoms with Gasteiger partial charge in [0.05, 0.1) is 0 Å². The molecular formula is C20H25NO3. The summed E-state index contributed by atoms with van der Waals surface area (Å²) in [4.78, 5) is 11.9. The average Bonchev–Trinajstić information content (AvgIpc) is 2.51. The molecule has 0 heterocycles. The summed E-state index contributed by atoms with van der Waals surface area (Å²) in [5.74, 6) is 0.331. The molecule has 0 fully saturated rings. The van der Waals surface area contributed by atoms with Crippen LogP contribution in [0.2, 0.25) is 0 Å². The van der Waals surface area contributed by atoms with Crippen molar-refractivity contribution in [3.05, 3.63) is 65.7 Å². The molecule has 128 valence electrons. The minimum atomic E-state index is -0.516. The monoisotopic (exact) mass is 327 g/mol. The van der Waals surface area contributed by atoms with Crippen LogP contribution < -0.4 is 5.32 Å². The minimum Gasteiger partial charge on any atom is -0.508 e. The van der Waals surface area contributed by atoms with Crippen LogP contribution in [0, 0.1) is 0 Å². The highest BCUT2D eigenvalue weighted by atomic mass is 16.6. The third-order valence-electron chi connectivity index (χ3n) is 3.58. The molecule has 4 nitrogen and oxygen atoms in total. The summed E-state index contributed by atoms with van der Waals surface area (Å²) in [7, 11) is 0. The third-order valence-corrected chi connectivity index (χ3v) is 3.58. The second-order valence-electron chi connectivity index (χ2n) is 6.86. The maximum atomic E-state index is 11.9. The predicted octanol–water partition coefficient (Wildman–Crippen LogP) is 4.24. The Morgan fingerprint density at radius 1 is 1.08 bits per heavy atom. The normalized spacial score (nSPS) is 12.5. The van der Waals surface area contributed by atoms with E-state index in [1.807, 2.05) is 51.1 Å². The van der Waals surface area contributed by atoms with Crippen molar-refractivity contribution in [3.8, 4) is 5.75 Å². The number of amides is 1. The first-order valence-electron chi connectivity index (χ1n) is 8.13. The molecule has 0 saturated carbocycles. The van der Waals surface area contributed by atoms with Crippen molar-refractivity contribution < 1.29 is 14.6 Å². The van der Waals surface area contributed by atoms with E-state index in [1.54, 1.807) is 12.1 Å². The van der Waals surface area contributed by atoms with Gasteiger partial charge in [0, 0.05) is 12.5 Å². The topological polar surface area (TPSA) is 58.6 Å². The molecule has 0 aliphatic heterocycles. The lowest BCUT2D eigenvalue weighted by Crippen LogP contribution is -2.35. The Hall–Kier alpha value is -2.49. The second kappa shape index (κ2) is 7.86. The Labute approximate surface area is 143 Å². The van der Waals surface area contributed by atoms with Crippen LogP contribution in [0.4, 0.5) is 4.79 Å². The number of rotatable bonds is 5. The Bertz CT molecular complexity index is 645. The van der Waals surface area contributed by atoms with Gasteiger partial charge in [0.25, 0.3) is 0 Å². The smallest absolute Gasteiger partial charge is 0.407 e. The fourth-order valence-corrected chi connectivity index (χ4v) is 2.47. The van der Waals surface area contributed by atoms with Crippen molar-refractivity contribution in [3.63, 3.8) is 0 Å². The van der Waals surface area contributed by atoms with Crippen LogP contribution in [0.1, 0.15) is 37.8 Å². The number of carbonyl (C=O) groups excluding carboxylic acids is 1. The molecule has 2 aromatic carbocycles. The van der Waals surface area contributed by atoms with E-state index in [2.05, 4.69) is 17.4 Å². The third kappa shape index (κ3) is 5.95. The van der Waals surface area contributed by atoms with E-state index in [-0.39, 0.29) is 11.7 Å². The van der Waals surface area contributed by atoms with E-state index in [9.17, 15) is 9.90 Å². The quantitative estimate of drug-likeness (QED) is 0.863. The number of ether oxygens (including phenoxy) is 1. The van der Waals surface area contributed by atoms with Crippen molar-refractivity contribution in [2.75, 3.05) is 6.54 Å². The summed E-state index contributed by atoms with van der Waals surface area (Å²) in [5, 5.41) is 12.3. The van der Waals surface area contributed by atoms with E-state index >= 15 is 0 Å². The molecule has 2 aromatic rings. The average molecular weight is 327 g/mol. The zero-order valence-corrected chi connectivity index (χ0v) is 14.5. The van der Waals surface area contributed by atoms with Gasteiger partial charge in [-0.05, 0) is 50.5 Å². The van der Waals surface area contributed by atoms with Crippen LogP contribution in [0.5, 0.6) is 5.75 Å². The minimum absolute atomic E-state index is 0.0977. The number of benzene rings is 2. The van der Waals surface area contributed by atoms with Gasteiger partial charge in [-0.2, -0.15) is 0 Å². The molecule has 0 aliphatic carbocycles. The Kier molecular flexibility index (Phi) is 5.85. The number of aromatic hydroxyl groups is 1. The highest BCUT2D eigenvalue weighted by Gasteiger charge is 2.18. The number of hydrogen-bond donors (Lipinski definition) is 2. The molecule has 1 atom stereocenters. The van der Waals surface area contributed by atoms with Gasteiger partial charge < -0.3 is 15.2 Å². The lowest BCUT2D eigenvalue weighted by atomic mass is 9.92. The summed E-state index contributed by atoms with van der Waals surface area (Å²) in [6, 6.07) is 17.2. The Morgan fingerprint density at radius 2 is 1.71 bits per heavy atom. The lowest BCUT2D eigenvalue weighted by molar-refractivity contribution is 0.0524. The lowest BCUT2D eigenvalue weighted by Gasteiger charge is -2.22. The molecule has 24 heavy (non-hydrogen) atoms. The van der Waals surface area contributed by atoms with Crippen molar-refractivity contribution >= 4 is 6.09 Å². The summed E-state index contributed by atoms with van der Waals surface area (Å²) < 4.78 is 5.30. The number of nitrogens with one attached hydrogen (secondary N) is 1. The molecule has 0 saturated heterocycles. The number of alkyl carbamates (subject to hydrolysis) is 1. The van der Waals surface area contributed by atoms with Crippen molar-refractivity contribution in [2.24, 2.45) is 0 Å². The molecular weight excluding hydrogens is 302 g/mol. The molecule has 2 N–H and O–H groups in total. The van der Waals surface area contributed by atoms with Crippen LogP contribution in [0.15, 0.2) is 54.6 Å². The van der Waals surface area contributed by atoms with Gasteiger partial charge in [-0.1, -0.05) is 42.5 Å². The van der Waals surface area contributed by atoms with Gasteiger partial charge in [0.15, 0.2) is 0 Å². The maximum absolute atomic E-state index is 11.9. The first-order chi connectivity index (χ1) is 11.3. The van der Waals surface area contributed by atoms with E-state index in [0.717, 1.165) is 12.0 Å². The van der Waals surface area contributed by atoms with Crippen molar-refractivity contribution in [2.45, 2.75) is 38.7 Å². The molecule has 0 spiro atoms. The van der Waals surface area contributed by atoms with Gasteiger partial charge in [-0.15, -0.1) is 0 Å². The van der Waals surface area contributed by atoms with Crippen molar-refractivity contribution in [1.29, 1.82) is 0 Å². The predicted molar refractivity (Wildman–Crippen MR) is 95.2 cm³/mol. The molecule has 2 rings (SSSR count). The standard InChI is InChI=1S/C20H25NO3/c1-20(2,3)24-19(23)21-14-17(13-15-7-5-4-6-8-15)16-9-11-18(22)12-10-16/h4-12,17,22H,13-14H2,1-3H3,(H,21,23). The van der Waals surface area contributed by atoms with E-state index in [4.69, 9.17) is 4.74 Å². The summed E-state index contributed by atoms with van der Waals surface area (Å²) in [6.07, 6.45) is 0.376.